The molecule has 0 unspecified atom stereocenters. The largest absolute Gasteiger partial charge is 0.432 e. The quantitative estimate of drug-likeness (QED) is 0.793. The third-order valence-corrected chi connectivity index (χ3v) is 2.33. The smallest absolute Gasteiger partial charge is 0.313 e. The number of nitrogens with zero attached hydrogens (tertiary/aromatic N) is 3. The van der Waals surface area contributed by atoms with Gasteiger partial charge < -0.3 is 15.0 Å². The summed E-state index contributed by atoms with van der Waals surface area (Å²) in [6.07, 6.45) is 2.98. The second-order valence-corrected chi connectivity index (χ2v) is 3.61. The maximum Gasteiger partial charge on any atom is 0.313 e. The minimum atomic E-state index is -0.360. The standard InChI is InChI=1S/C12H10N4O2/c1-16-5-4-15-11(12(16)17)18-10-3-2-8(7-13)6-9(10)14/h2-6H,14H2,1H3. The lowest BCUT2D eigenvalue weighted by Gasteiger charge is -2.07. The van der Waals surface area contributed by atoms with E-state index in [-0.39, 0.29) is 17.1 Å². The van der Waals surface area contributed by atoms with Gasteiger partial charge in [0, 0.05) is 19.4 Å². The highest BCUT2D eigenvalue weighted by Gasteiger charge is 2.08. The first kappa shape index (κ1) is 11.7. The van der Waals surface area contributed by atoms with Crippen molar-refractivity contribution in [3.63, 3.8) is 0 Å². The van der Waals surface area contributed by atoms with Crippen molar-refractivity contribution in [2.45, 2.75) is 0 Å². The molecule has 6 heteroatoms. The van der Waals surface area contributed by atoms with Gasteiger partial charge in [0.1, 0.15) is 0 Å². The van der Waals surface area contributed by atoms with Crippen LogP contribution in [0.25, 0.3) is 0 Å². The highest BCUT2D eigenvalue weighted by atomic mass is 16.5. The van der Waals surface area contributed by atoms with Crippen molar-refractivity contribution >= 4 is 5.69 Å². The van der Waals surface area contributed by atoms with Crippen molar-refractivity contribution < 1.29 is 4.74 Å². The minimum Gasteiger partial charge on any atom is -0.432 e. The Balaban J connectivity index is 2.38. The van der Waals surface area contributed by atoms with Gasteiger partial charge in [-0.2, -0.15) is 5.26 Å². The summed E-state index contributed by atoms with van der Waals surface area (Å²) in [5.41, 5.74) is 6.06. The first-order chi connectivity index (χ1) is 8.61. The van der Waals surface area contributed by atoms with Crippen molar-refractivity contribution in [3.05, 3.63) is 46.5 Å². The summed E-state index contributed by atoms with van der Waals surface area (Å²) in [5.74, 6) is 0.237. The Kier molecular flexibility index (Phi) is 2.98. The summed E-state index contributed by atoms with van der Waals surface area (Å²) in [6, 6.07) is 6.52. The predicted octanol–water partition coefficient (Wildman–Crippen LogP) is 1.03. The van der Waals surface area contributed by atoms with E-state index in [0.29, 0.717) is 11.3 Å². The molecule has 2 rings (SSSR count). The number of hydrogen-bond donors (Lipinski definition) is 1. The number of benzene rings is 1. The van der Waals surface area contributed by atoms with Gasteiger partial charge in [-0.25, -0.2) is 4.98 Å². The van der Waals surface area contributed by atoms with Crippen LogP contribution in [0.5, 0.6) is 11.6 Å². The number of aromatic nitrogens is 2. The molecule has 0 aliphatic rings. The number of aryl methyl sites for hydroxylation is 1. The molecule has 0 atom stereocenters. The highest BCUT2D eigenvalue weighted by Crippen LogP contribution is 2.25. The fourth-order valence-electron chi connectivity index (χ4n) is 1.36. The van der Waals surface area contributed by atoms with E-state index in [2.05, 4.69) is 4.98 Å². The van der Waals surface area contributed by atoms with Gasteiger partial charge in [0.05, 0.1) is 17.3 Å². The Morgan fingerprint density at radius 2 is 2.28 bits per heavy atom. The molecule has 1 heterocycles. The zero-order chi connectivity index (χ0) is 13.1. The lowest BCUT2D eigenvalue weighted by atomic mass is 10.2. The number of nitrogen functional groups attached to an aromatic ring is 1. The van der Waals surface area contributed by atoms with E-state index in [4.69, 9.17) is 15.7 Å². The minimum absolute atomic E-state index is 0.0589. The molecule has 2 aromatic rings. The lowest BCUT2D eigenvalue weighted by molar-refractivity contribution is 0.450. The highest BCUT2D eigenvalue weighted by molar-refractivity contribution is 5.57. The second kappa shape index (κ2) is 4.59. The number of rotatable bonds is 2. The van der Waals surface area contributed by atoms with E-state index in [9.17, 15) is 4.79 Å². The van der Waals surface area contributed by atoms with Gasteiger partial charge in [0.25, 0.3) is 5.88 Å². The first-order valence-electron chi connectivity index (χ1n) is 5.11. The van der Waals surface area contributed by atoms with Crippen LogP contribution >= 0.6 is 0 Å². The summed E-state index contributed by atoms with van der Waals surface area (Å²) in [5, 5.41) is 8.71. The molecular weight excluding hydrogens is 232 g/mol. The molecule has 0 aliphatic heterocycles. The van der Waals surface area contributed by atoms with Crippen LogP contribution in [0.1, 0.15) is 5.56 Å². The van der Waals surface area contributed by atoms with Gasteiger partial charge >= 0.3 is 5.56 Å². The summed E-state index contributed by atoms with van der Waals surface area (Å²) in [4.78, 5) is 15.5. The second-order valence-electron chi connectivity index (χ2n) is 3.61. The number of nitriles is 1. The van der Waals surface area contributed by atoms with E-state index in [1.165, 1.54) is 29.1 Å². The Morgan fingerprint density at radius 1 is 1.50 bits per heavy atom. The van der Waals surface area contributed by atoms with Gasteiger partial charge in [-0.15, -0.1) is 0 Å². The van der Waals surface area contributed by atoms with Crippen LogP contribution in [-0.2, 0) is 7.05 Å². The van der Waals surface area contributed by atoms with Gasteiger partial charge in [-0.1, -0.05) is 0 Å². The fraction of sp³-hybridized carbons (Fsp3) is 0.0833. The molecule has 2 N–H and O–H groups in total. The third-order valence-electron chi connectivity index (χ3n) is 2.33. The van der Waals surface area contributed by atoms with Crippen LogP contribution < -0.4 is 16.0 Å². The summed E-state index contributed by atoms with van der Waals surface area (Å²) >= 11 is 0. The fourth-order valence-corrected chi connectivity index (χ4v) is 1.36. The Labute approximate surface area is 103 Å². The molecule has 90 valence electrons. The predicted molar refractivity (Wildman–Crippen MR) is 65.1 cm³/mol. The van der Waals surface area contributed by atoms with E-state index < -0.39 is 0 Å². The molecule has 0 amide bonds. The molecule has 6 nitrogen and oxygen atoms in total. The van der Waals surface area contributed by atoms with Gasteiger partial charge in [0.15, 0.2) is 5.75 Å². The van der Waals surface area contributed by atoms with Crippen molar-refractivity contribution in [3.8, 4) is 17.7 Å². The number of nitrogens with two attached hydrogens (primary N) is 1. The topological polar surface area (TPSA) is 93.9 Å². The van der Waals surface area contributed by atoms with Crippen LogP contribution in [0.3, 0.4) is 0 Å². The van der Waals surface area contributed by atoms with Gasteiger partial charge in [-0.3, -0.25) is 4.79 Å². The Hall–Kier alpha value is -2.81. The Bertz CT molecular complexity index is 685. The maximum atomic E-state index is 11.7. The molecule has 0 aliphatic carbocycles. The van der Waals surface area contributed by atoms with E-state index >= 15 is 0 Å². The van der Waals surface area contributed by atoms with E-state index in [1.807, 2.05) is 6.07 Å². The average molecular weight is 242 g/mol. The molecule has 1 aromatic heterocycles. The van der Waals surface area contributed by atoms with Crippen molar-refractivity contribution in [1.82, 2.24) is 9.55 Å². The molecule has 0 bridgehead atoms. The van der Waals surface area contributed by atoms with Crippen molar-refractivity contribution in [2.24, 2.45) is 7.05 Å². The SMILES string of the molecule is Cn1ccnc(Oc2ccc(C#N)cc2N)c1=O. The van der Waals surface area contributed by atoms with Crippen molar-refractivity contribution in [2.75, 3.05) is 5.73 Å². The molecule has 0 saturated heterocycles. The zero-order valence-electron chi connectivity index (χ0n) is 9.62. The first-order valence-corrected chi connectivity index (χ1v) is 5.11. The average Bonchev–Trinajstić information content (AvgIpc) is 2.37. The lowest BCUT2D eigenvalue weighted by Crippen LogP contribution is -2.18. The van der Waals surface area contributed by atoms with Crippen LogP contribution in [0.4, 0.5) is 5.69 Å². The summed E-state index contributed by atoms with van der Waals surface area (Å²) in [7, 11) is 1.60. The number of hydrogen-bond acceptors (Lipinski definition) is 5. The summed E-state index contributed by atoms with van der Waals surface area (Å²) < 4.78 is 6.69. The number of anilines is 1. The van der Waals surface area contributed by atoms with Gasteiger partial charge in [-0.05, 0) is 18.2 Å². The molecule has 0 fully saturated rings. The maximum absolute atomic E-state index is 11.7. The van der Waals surface area contributed by atoms with E-state index in [1.54, 1.807) is 13.1 Å². The van der Waals surface area contributed by atoms with Crippen LogP contribution in [-0.4, -0.2) is 9.55 Å². The molecule has 1 aromatic carbocycles. The molecule has 0 spiro atoms. The Morgan fingerprint density at radius 3 is 2.94 bits per heavy atom. The van der Waals surface area contributed by atoms with Crippen LogP contribution in [0.15, 0.2) is 35.4 Å². The van der Waals surface area contributed by atoms with Crippen molar-refractivity contribution in [1.29, 1.82) is 5.26 Å². The number of ether oxygens (including phenoxy) is 1. The monoisotopic (exact) mass is 242 g/mol. The third kappa shape index (κ3) is 2.15. The van der Waals surface area contributed by atoms with Crippen LogP contribution in [0, 0.1) is 11.3 Å². The molecule has 18 heavy (non-hydrogen) atoms. The van der Waals surface area contributed by atoms with Gasteiger partial charge in [0.2, 0.25) is 0 Å². The van der Waals surface area contributed by atoms with Crippen LogP contribution in [0.2, 0.25) is 0 Å². The zero-order valence-corrected chi connectivity index (χ0v) is 9.62. The van der Waals surface area contributed by atoms with E-state index in [0.717, 1.165) is 0 Å². The molecule has 0 radical (unpaired) electrons. The normalized spacial score (nSPS) is 9.78. The summed E-state index contributed by atoms with van der Waals surface area (Å²) in [6.45, 7) is 0. The molecule has 0 saturated carbocycles. The molecular formula is C12H10N4O2.